The molecule has 1 fully saturated rings. The van der Waals surface area contributed by atoms with Gasteiger partial charge in [-0.1, -0.05) is 0 Å². The first-order chi connectivity index (χ1) is 11.6. The maximum absolute atomic E-state index is 13.0. The summed E-state index contributed by atoms with van der Waals surface area (Å²) in [5.41, 5.74) is 0.914. The Balaban J connectivity index is 1.73. The molecule has 0 spiro atoms. The number of aliphatic hydroxyl groups is 1. The van der Waals surface area contributed by atoms with Crippen LogP contribution in [0.1, 0.15) is 19.3 Å². The number of carbonyl (C=O) groups is 2. The molecular formula is C17H24FN3O3. The number of hydrogen-bond donors (Lipinski definition) is 2. The number of piperazine rings is 1. The molecule has 0 aliphatic carbocycles. The summed E-state index contributed by atoms with van der Waals surface area (Å²) in [6.07, 6.45) is 2.27. The predicted octanol–water partition coefficient (Wildman–Crippen LogP) is 0.753. The van der Waals surface area contributed by atoms with Crippen molar-refractivity contribution in [3.8, 4) is 0 Å². The number of hydrogen-bond acceptors (Lipinski definition) is 4. The van der Waals surface area contributed by atoms with Crippen LogP contribution in [0.15, 0.2) is 24.3 Å². The minimum atomic E-state index is -0.575. The van der Waals surface area contributed by atoms with Gasteiger partial charge in [0.25, 0.3) is 0 Å². The monoisotopic (exact) mass is 337 g/mol. The number of carbonyl (C=O) groups excluding carboxylic acids is 2. The summed E-state index contributed by atoms with van der Waals surface area (Å²) in [5, 5.41) is 11.3. The van der Waals surface area contributed by atoms with Gasteiger partial charge in [0.15, 0.2) is 0 Å². The molecule has 2 rings (SSSR count). The van der Waals surface area contributed by atoms with Crippen molar-refractivity contribution >= 4 is 17.5 Å². The molecule has 24 heavy (non-hydrogen) atoms. The molecule has 0 unspecified atom stereocenters. The van der Waals surface area contributed by atoms with Crippen molar-refractivity contribution in [2.24, 2.45) is 0 Å². The Kier molecular flexibility index (Phi) is 6.99. The standard InChI is InChI=1S/C17H24FN3O3/c18-14-4-6-15(7-5-14)20-9-11-21(12-10-20)17(24)16(23)19-8-2-1-3-13-22/h4-7,22H,1-3,8-13H2,(H,19,23). The highest BCUT2D eigenvalue weighted by Gasteiger charge is 2.25. The van der Waals surface area contributed by atoms with E-state index in [-0.39, 0.29) is 12.4 Å². The first kappa shape index (κ1) is 18.2. The second-order valence-corrected chi connectivity index (χ2v) is 5.80. The topological polar surface area (TPSA) is 72.9 Å². The van der Waals surface area contributed by atoms with Crippen molar-refractivity contribution in [1.29, 1.82) is 0 Å². The zero-order valence-electron chi connectivity index (χ0n) is 13.7. The number of unbranched alkanes of at least 4 members (excludes halogenated alkanes) is 2. The number of anilines is 1. The molecule has 1 aromatic rings. The van der Waals surface area contributed by atoms with E-state index in [1.54, 1.807) is 17.0 Å². The van der Waals surface area contributed by atoms with Crippen molar-refractivity contribution in [1.82, 2.24) is 10.2 Å². The third kappa shape index (κ3) is 5.19. The largest absolute Gasteiger partial charge is 0.396 e. The molecule has 0 atom stereocenters. The Bertz CT molecular complexity index is 543. The van der Waals surface area contributed by atoms with Crippen LogP contribution in [0.4, 0.5) is 10.1 Å². The lowest BCUT2D eigenvalue weighted by Gasteiger charge is -2.35. The molecule has 132 valence electrons. The van der Waals surface area contributed by atoms with Gasteiger partial charge in [-0.25, -0.2) is 4.39 Å². The lowest BCUT2D eigenvalue weighted by molar-refractivity contribution is -0.146. The molecule has 2 amide bonds. The molecule has 1 aliphatic heterocycles. The van der Waals surface area contributed by atoms with E-state index in [1.165, 1.54) is 12.1 Å². The summed E-state index contributed by atoms with van der Waals surface area (Å²) in [6, 6.07) is 6.26. The van der Waals surface area contributed by atoms with Gasteiger partial charge in [-0.2, -0.15) is 0 Å². The van der Waals surface area contributed by atoms with Crippen LogP contribution >= 0.6 is 0 Å². The number of benzene rings is 1. The molecule has 6 nitrogen and oxygen atoms in total. The van der Waals surface area contributed by atoms with Crippen molar-refractivity contribution in [3.05, 3.63) is 30.1 Å². The zero-order valence-corrected chi connectivity index (χ0v) is 13.7. The van der Waals surface area contributed by atoms with Crippen LogP contribution in [0.5, 0.6) is 0 Å². The third-order valence-corrected chi connectivity index (χ3v) is 4.07. The van der Waals surface area contributed by atoms with Gasteiger partial charge in [-0.3, -0.25) is 9.59 Å². The number of halogens is 1. The number of nitrogens with zero attached hydrogens (tertiary/aromatic N) is 2. The maximum atomic E-state index is 13.0. The van der Waals surface area contributed by atoms with Gasteiger partial charge < -0.3 is 20.2 Å². The number of amides is 2. The quantitative estimate of drug-likeness (QED) is 0.594. The van der Waals surface area contributed by atoms with Gasteiger partial charge in [-0.15, -0.1) is 0 Å². The summed E-state index contributed by atoms with van der Waals surface area (Å²) >= 11 is 0. The van der Waals surface area contributed by atoms with Crippen LogP contribution in [-0.2, 0) is 9.59 Å². The Labute approximate surface area is 141 Å². The van der Waals surface area contributed by atoms with Crippen LogP contribution < -0.4 is 10.2 Å². The molecule has 2 N–H and O–H groups in total. The summed E-state index contributed by atoms with van der Waals surface area (Å²) in [4.78, 5) is 27.6. The highest BCUT2D eigenvalue weighted by molar-refractivity contribution is 6.35. The van der Waals surface area contributed by atoms with Crippen molar-refractivity contribution in [3.63, 3.8) is 0 Å². The van der Waals surface area contributed by atoms with E-state index in [4.69, 9.17) is 5.11 Å². The molecule has 0 aromatic heterocycles. The zero-order chi connectivity index (χ0) is 17.4. The fraction of sp³-hybridized carbons (Fsp3) is 0.529. The first-order valence-electron chi connectivity index (χ1n) is 8.30. The van der Waals surface area contributed by atoms with E-state index < -0.39 is 11.8 Å². The second kappa shape index (κ2) is 9.22. The predicted molar refractivity (Wildman–Crippen MR) is 89.1 cm³/mol. The highest BCUT2D eigenvalue weighted by atomic mass is 19.1. The van der Waals surface area contributed by atoms with Gasteiger partial charge in [0.1, 0.15) is 5.82 Å². The van der Waals surface area contributed by atoms with Crippen LogP contribution in [0.2, 0.25) is 0 Å². The number of rotatable bonds is 6. The van der Waals surface area contributed by atoms with Crippen molar-refractivity contribution < 1.29 is 19.1 Å². The minimum Gasteiger partial charge on any atom is -0.396 e. The Morgan fingerprint density at radius 2 is 1.71 bits per heavy atom. The molecule has 1 aliphatic rings. The number of aliphatic hydroxyl groups excluding tert-OH is 1. The molecule has 0 radical (unpaired) electrons. The highest BCUT2D eigenvalue weighted by Crippen LogP contribution is 2.16. The summed E-state index contributed by atoms with van der Waals surface area (Å²) in [6.45, 7) is 2.75. The molecule has 0 saturated carbocycles. The molecule has 1 aromatic carbocycles. The summed E-state index contributed by atoms with van der Waals surface area (Å²) in [7, 11) is 0. The molecular weight excluding hydrogens is 313 g/mol. The Morgan fingerprint density at radius 1 is 1.04 bits per heavy atom. The van der Waals surface area contributed by atoms with Crippen molar-refractivity contribution in [2.75, 3.05) is 44.2 Å². The average Bonchev–Trinajstić information content (AvgIpc) is 2.61. The smallest absolute Gasteiger partial charge is 0.312 e. The lowest BCUT2D eigenvalue weighted by atomic mass is 10.2. The van der Waals surface area contributed by atoms with Gasteiger partial charge >= 0.3 is 11.8 Å². The van der Waals surface area contributed by atoms with E-state index in [9.17, 15) is 14.0 Å². The first-order valence-corrected chi connectivity index (χ1v) is 8.30. The fourth-order valence-electron chi connectivity index (χ4n) is 2.65. The third-order valence-electron chi connectivity index (χ3n) is 4.07. The van der Waals surface area contributed by atoms with Gasteiger partial charge in [0.2, 0.25) is 0 Å². The summed E-state index contributed by atoms with van der Waals surface area (Å²) in [5.74, 6) is -1.35. The van der Waals surface area contributed by atoms with Gasteiger partial charge in [-0.05, 0) is 43.5 Å². The second-order valence-electron chi connectivity index (χ2n) is 5.80. The Morgan fingerprint density at radius 3 is 2.33 bits per heavy atom. The van der Waals surface area contributed by atoms with E-state index >= 15 is 0 Å². The molecule has 0 bridgehead atoms. The van der Waals surface area contributed by atoms with E-state index in [2.05, 4.69) is 10.2 Å². The number of nitrogens with one attached hydrogen (secondary N) is 1. The Hall–Kier alpha value is -2.15. The fourth-order valence-corrected chi connectivity index (χ4v) is 2.65. The molecule has 1 saturated heterocycles. The average molecular weight is 337 g/mol. The van der Waals surface area contributed by atoms with Gasteiger partial charge in [0.05, 0.1) is 0 Å². The SMILES string of the molecule is O=C(NCCCCCO)C(=O)N1CCN(c2ccc(F)cc2)CC1. The summed E-state index contributed by atoms with van der Waals surface area (Å²) < 4.78 is 13.0. The van der Waals surface area contributed by atoms with Gasteiger partial charge in [0, 0.05) is 45.0 Å². The van der Waals surface area contributed by atoms with E-state index in [1.807, 2.05) is 0 Å². The van der Waals surface area contributed by atoms with E-state index in [0.29, 0.717) is 39.1 Å². The van der Waals surface area contributed by atoms with Crippen LogP contribution in [0.25, 0.3) is 0 Å². The normalized spacial score (nSPS) is 14.6. The maximum Gasteiger partial charge on any atom is 0.312 e. The van der Waals surface area contributed by atoms with Crippen LogP contribution in [0.3, 0.4) is 0 Å². The van der Waals surface area contributed by atoms with Crippen LogP contribution in [0, 0.1) is 5.82 Å². The van der Waals surface area contributed by atoms with E-state index in [0.717, 1.165) is 18.5 Å². The molecule has 1 heterocycles. The minimum absolute atomic E-state index is 0.144. The molecule has 7 heteroatoms. The lowest BCUT2D eigenvalue weighted by Crippen LogP contribution is -2.52. The van der Waals surface area contributed by atoms with Crippen LogP contribution in [-0.4, -0.2) is 61.2 Å². The van der Waals surface area contributed by atoms with Crippen molar-refractivity contribution in [2.45, 2.75) is 19.3 Å².